The van der Waals surface area contributed by atoms with Crippen LogP contribution < -0.4 is 15.4 Å². The van der Waals surface area contributed by atoms with Gasteiger partial charge in [0.05, 0.1) is 19.3 Å². The number of nitrogens with zero attached hydrogens (tertiary/aromatic N) is 2. The fraction of sp³-hybridized carbons (Fsp3) is 0.333. The van der Waals surface area contributed by atoms with Crippen LogP contribution in [0.1, 0.15) is 24.2 Å². The van der Waals surface area contributed by atoms with Gasteiger partial charge < -0.3 is 15.4 Å². The number of amides is 2. The maximum atomic E-state index is 12.0. The number of aryl methyl sites for hydroxylation is 1. The Kier molecular flexibility index (Phi) is 4.47. The van der Waals surface area contributed by atoms with E-state index in [0.29, 0.717) is 5.69 Å². The number of urea groups is 1. The molecule has 0 saturated heterocycles. The lowest BCUT2D eigenvalue weighted by molar-refractivity contribution is 0.249. The number of benzene rings is 1. The molecule has 0 aliphatic heterocycles. The summed E-state index contributed by atoms with van der Waals surface area (Å²) >= 11 is 0. The number of anilines is 1. The Morgan fingerprint density at radius 3 is 2.52 bits per heavy atom. The lowest BCUT2D eigenvalue weighted by Gasteiger charge is -2.14. The van der Waals surface area contributed by atoms with E-state index < -0.39 is 0 Å². The fourth-order valence-corrected chi connectivity index (χ4v) is 2.06. The van der Waals surface area contributed by atoms with E-state index in [9.17, 15) is 4.79 Å². The molecule has 0 fully saturated rings. The van der Waals surface area contributed by atoms with Crippen LogP contribution in [0.15, 0.2) is 30.5 Å². The van der Waals surface area contributed by atoms with Gasteiger partial charge in [-0.15, -0.1) is 0 Å². The number of carbonyl (C=O) groups excluding carboxylic acids is 1. The van der Waals surface area contributed by atoms with Gasteiger partial charge in [-0.25, -0.2) is 4.79 Å². The second kappa shape index (κ2) is 6.30. The van der Waals surface area contributed by atoms with Gasteiger partial charge in [0.15, 0.2) is 0 Å². The highest BCUT2D eigenvalue weighted by atomic mass is 16.5. The Morgan fingerprint density at radius 1 is 1.33 bits per heavy atom. The van der Waals surface area contributed by atoms with Crippen LogP contribution in [-0.4, -0.2) is 22.9 Å². The van der Waals surface area contributed by atoms with Gasteiger partial charge in [-0.2, -0.15) is 5.10 Å². The Balaban J connectivity index is 1.96. The van der Waals surface area contributed by atoms with Gasteiger partial charge in [0.2, 0.25) is 0 Å². The van der Waals surface area contributed by atoms with Crippen molar-refractivity contribution in [2.45, 2.75) is 19.9 Å². The minimum absolute atomic E-state index is 0.114. The number of methoxy groups -OCH3 is 1. The zero-order valence-electron chi connectivity index (χ0n) is 12.7. The molecule has 0 aliphatic rings. The number of aromatic nitrogens is 2. The van der Waals surface area contributed by atoms with E-state index >= 15 is 0 Å². The Hall–Kier alpha value is -2.50. The van der Waals surface area contributed by atoms with Crippen molar-refractivity contribution in [3.05, 3.63) is 41.7 Å². The zero-order valence-corrected chi connectivity index (χ0v) is 12.7. The highest BCUT2D eigenvalue weighted by Crippen LogP contribution is 2.17. The van der Waals surface area contributed by atoms with Gasteiger partial charge in [-0.05, 0) is 38.1 Å². The number of hydrogen-bond donors (Lipinski definition) is 2. The van der Waals surface area contributed by atoms with E-state index in [-0.39, 0.29) is 12.1 Å². The molecule has 1 aromatic heterocycles. The molecule has 0 spiro atoms. The molecule has 2 amide bonds. The molecular weight excluding hydrogens is 268 g/mol. The summed E-state index contributed by atoms with van der Waals surface area (Å²) in [5.41, 5.74) is 2.75. The van der Waals surface area contributed by atoms with Crippen molar-refractivity contribution >= 4 is 11.7 Å². The molecule has 1 aromatic carbocycles. The molecule has 21 heavy (non-hydrogen) atoms. The first-order chi connectivity index (χ1) is 10.0. The monoisotopic (exact) mass is 288 g/mol. The Morgan fingerprint density at radius 2 is 2.00 bits per heavy atom. The van der Waals surface area contributed by atoms with Crippen LogP contribution in [0.2, 0.25) is 0 Å². The van der Waals surface area contributed by atoms with Gasteiger partial charge in [0.25, 0.3) is 0 Å². The maximum Gasteiger partial charge on any atom is 0.319 e. The van der Waals surface area contributed by atoms with Crippen LogP contribution in [0.3, 0.4) is 0 Å². The van der Waals surface area contributed by atoms with Crippen molar-refractivity contribution < 1.29 is 9.53 Å². The molecule has 2 N–H and O–H groups in total. The SMILES string of the molecule is COc1ccc(NC(=O)NC(C)c2cnn(C)c2C)cc1. The van der Waals surface area contributed by atoms with Crippen LogP contribution in [0, 0.1) is 6.92 Å². The highest BCUT2D eigenvalue weighted by Gasteiger charge is 2.14. The smallest absolute Gasteiger partial charge is 0.319 e. The largest absolute Gasteiger partial charge is 0.497 e. The minimum atomic E-state index is -0.254. The number of carbonyl (C=O) groups is 1. The number of nitrogens with one attached hydrogen (secondary N) is 2. The summed E-state index contributed by atoms with van der Waals surface area (Å²) in [6, 6.07) is 6.80. The third-order valence-electron chi connectivity index (χ3n) is 3.44. The summed E-state index contributed by atoms with van der Waals surface area (Å²) in [6.45, 7) is 3.90. The average Bonchev–Trinajstić information content (AvgIpc) is 2.79. The summed E-state index contributed by atoms with van der Waals surface area (Å²) in [4.78, 5) is 12.0. The minimum Gasteiger partial charge on any atom is -0.497 e. The molecule has 0 radical (unpaired) electrons. The lowest BCUT2D eigenvalue weighted by Crippen LogP contribution is -2.31. The standard InChI is InChI=1S/C15H20N4O2/c1-10(14-9-16-19(3)11(14)2)17-15(20)18-12-5-7-13(21-4)8-6-12/h5-10H,1-4H3,(H2,17,18,20). The van der Waals surface area contributed by atoms with Crippen LogP contribution in [0.25, 0.3) is 0 Å². The van der Waals surface area contributed by atoms with E-state index in [0.717, 1.165) is 17.0 Å². The lowest BCUT2D eigenvalue weighted by atomic mass is 10.1. The van der Waals surface area contributed by atoms with Gasteiger partial charge >= 0.3 is 6.03 Å². The summed E-state index contributed by atoms with van der Waals surface area (Å²) in [5.74, 6) is 0.750. The zero-order chi connectivity index (χ0) is 15.4. The van der Waals surface area contributed by atoms with Crippen molar-refractivity contribution in [3.8, 4) is 5.75 Å². The second-order valence-corrected chi connectivity index (χ2v) is 4.86. The molecule has 1 heterocycles. The summed E-state index contributed by atoms with van der Waals surface area (Å²) in [7, 11) is 3.48. The van der Waals surface area contributed by atoms with Crippen molar-refractivity contribution in [3.63, 3.8) is 0 Å². The molecule has 1 unspecified atom stereocenters. The Bertz CT molecular complexity index is 619. The van der Waals surface area contributed by atoms with Gasteiger partial charge in [0.1, 0.15) is 5.75 Å². The van der Waals surface area contributed by atoms with E-state index in [4.69, 9.17) is 4.74 Å². The van der Waals surface area contributed by atoms with Gasteiger partial charge in [0, 0.05) is 24.0 Å². The molecule has 0 saturated carbocycles. The van der Waals surface area contributed by atoms with Crippen molar-refractivity contribution in [1.29, 1.82) is 0 Å². The first-order valence-electron chi connectivity index (χ1n) is 6.71. The second-order valence-electron chi connectivity index (χ2n) is 4.86. The topological polar surface area (TPSA) is 68.2 Å². The van der Waals surface area contributed by atoms with Crippen LogP contribution >= 0.6 is 0 Å². The molecule has 112 valence electrons. The number of ether oxygens (including phenoxy) is 1. The third-order valence-corrected chi connectivity index (χ3v) is 3.44. The number of rotatable bonds is 4. The average molecular weight is 288 g/mol. The van der Waals surface area contributed by atoms with E-state index in [2.05, 4.69) is 15.7 Å². The molecular formula is C15H20N4O2. The Labute approximate surface area is 124 Å². The van der Waals surface area contributed by atoms with Crippen molar-refractivity contribution in [2.75, 3.05) is 12.4 Å². The molecule has 0 aliphatic carbocycles. The van der Waals surface area contributed by atoms with Crippen molar-refractivity contribution in [2.24, 2.45) is 7.05 Å². The first kappa shape index (κ1) is 14.9. The van der Waals surface area contributed by atoms with Crippen LogP contribution in [-0.2, 0) is 7.05 Å². The molecule has 6 nitrogen and oxygen atoms in total. The van der Waals surface area contributed by atoms with E-state index in [1.54, 1.807) is 42.3 Å². The van der Waals surface area contributed by atoms with E-state index in [1.807, 2.05) is 20.9 Å². The summed E-state index contributed by atoms with van der Waals surface area (Å²) in [6.07, 6.45) is 1.77. The molecule has 1 atom stereocenters. The molecule has 2 aromatic rings. The first-order valence-corrected chi connectivity index (χ1v) is 6.71. The highest BCUT2D eigenvalue weighted by molar-refractivity contribution is 5.89. The van der Waals surface area contributed by atoms with Crippen molar-refractivity contribution in [1.82, 2.24) is 15.1 Å². The predicted octanol–water partition coefficient (Wildman–Crippen LogP) is 2.62. The fourth-order valence-electron chi connectivity index (χ4n) is 2.06. The molecule has 6 heteroatoms. The predicted molar refractivity (Wildman–Crippen MR) is 81.5 cm³/mol. The van der Waals surface area contributed by atoms with Crippen LogP contribution in [0.4, 0.5) is 10.5 Å². The maximum absolute atomic E-state index is 12.0. The molecule has 0 bridgehead atoms. The van der Waals surface area contributed by atoms with Crippen LogP contribution in [0.5, 0.6) is 5.75 Å². The summed E-state index contributed by atoms with van der Waals surface area (Å²) in [5, 5.41) is 9.86. The normalized spacial score (nSPS) is 11.8. The third kappa shape index (κ3) is 3.53. The van der Waals surface area contributed by atoms with E-state index in [1.165, 1.54) is 0 Å². The van der Waals surface area contributed by atoms with Gasteiger partial charge in [-0.3, -0.25) is 4.68 Å². The van der Waals surface area contributed by atoms with Gasteiger partial charge in [-0.1, -0.05) is 0 Å². The molecule has 2 rings (SSSR count). The quantitative estimate of drug-likeness (QED) is 0.908. The summed E-state index contributed by atoms with van der Waals surface area (Å²) < 4.78 is 6.86. The number of hydrogen-bond acceptors (Lipinski definition) is 3.